The molecule has 0 radical (unpaired) electrons. The highest BCUT2D eigenvalue weighted by atomic mass is 32.2. The van der Waals surface area contributed by atoms with E-state index in [-0.39, 0.29) is 17.0 Å². The summed E-state index contributed by atoms with van der Waals surface area (Å²) in [5.41, 5.74) is 0.381. The zero-order chi connectivity index (χ0) is 17.2. The number of hydrogen-bond donors (Lipinski definition) is 0. The Kier molecular flexibility index (Phi) is 5.25. The van der Waals surface area contributed by atoms with Crippen molar-refractivity contribution in [1.82, 2.24) is 4.31 Å². The molecule has 2 saturated carbocycles. The van der Waals surface area contributed by atoms with E-state index in [9.17, 15) is 13.2 Å². The first-order chi connectivity index (χ1) is 11.5. The van der Waals surface area contributed by atoms with Gasteiger partial charge in [0.15, 0.2) is 0 Å². The van der Waals surface area contributed by atoms with Crippen molar-refractivity contribution in [3.63, 3.8) is 0 Å². The van der Waals surface area contributed by atoms with Gasteiger partial charge in [-0.3, -0.25) is 0 Å². The molecule has 0 amide bonds. The minimum absolute atomic E-state index is 0.126. The molecule has 0 unspecified atom stereocenters. The molecule has 2 aliphatic carbocycles. The van der Waals surface area contributed by atoms with Gasteiger partial charge in [0, 0.05) is 12.1 Å². The number of benzene rings is 1. The molecule has 2 aliphatic rings. The van der Waals surface area contributed by atoms with Gasteiger partial charge >= 0.3 is 5.97 Å². The highest BCUT2D eigenvalue weighted by Gasteiger charge is 2.42. The average Bonchev–Trinajstić information content (AvgIpc) is 3.41. The molecule has 1 aromatic carbocycles. The molecule has 0 aromatic heterocycles. The molecule has 0 saturated heterocycles. The van der Waals surface area contributed by atoms with Crippen molar-refractivity contribution in [2.45, 2.75) is 68.8 Å². The van der Waals surface area contributed by atoms with Crippen LogP contribution in [0.1, 0.15) is 62.2 Å². The van der Waals surface area contributed by atoms with Crippen molar-refractivity contribution in [1.29, 1.82) is 0 Å². The normalized spacial score (nSPS) is 19.4. The van der Waals surface area contributed by atoms with Crippen LogP contribution in [-0.2, 0) is 14.8 Å². The van der Waals surface area contributed by atoms with Gasteiger partial charge in [-0.25, -0.2) is 13.2 Å². The molecule has 0 aliphatic heterocycles. The van der Waals surface area contributed by atoms with E-state index in [1.807, 2.05) is 0 Å². The fourth-order valence-corrected chi connectivity index (χ4v) is 5.38. The summed E-state index contributed by atoms with van der Waals surface area (Å²) < 4.78 is 33.0. The van der Waals surface area contributed by atoms with Gasteiger partial charge in [0.05, 0.1) is 17.1 Å². The van der Waals surface area contributed by atoms with Crippen LogP contribution < -0.4 is 0 Å². The first kappa shape index (κ1) is 17.4. The summed E-state index contributed by atoms with van der Waals surface area (Å²) in [4.78, 5) is 12.0. The highest BCUT2D eigenvalue weighted by molar-refractivity contribution is 7.89. The quantitative estimate of drug-likeness (QED) is 0.737. The predicted molar refractivity (Wildman–Crippen MR) is 91.3 cm³/mol. The molecule has 3 rings (SSSR count). The third kappa shape index (κ3) is 3.64. The van der Waals surface area contributed by atoms with E-state index in [1.165, 1.54) is 30.7 Å². The monoisotopic (exact) mass is 351 g/mol. The first-order valence-corrected chi connectivity index (χ1v) is 10.3. The highest BCUT2D eigenvalue weighted by Crippen LogP contribution is 2.38. The standard InChI is InChI=1S/C18H25NO4S/c1-2-23-18(20)14-8-12-17(13-9-14)24(21,22)19(16-10-11-16)15-6-4-3-5-7-15/h8-9,12-13,15-16H,2-7,10-11H2,1H3. The number of esters is 1. The van der Waals surface area contributed by atoms with Crippen LogP contribution in [0.25, 0.3) is 0 Å². The lowest BCUT2D eigenvalue weighted by molar-refractivity contribution is 0.0526. The predicted octanol–water partition coefficient (Wildman–Crippen LogP) is 3.35. The third-order valence-corrected chi connectivity index (χ3v) is 6.80. The van der Waals surface area contributed by atoms with Gasteiger partial charge < -0.3 is 4.74 Å². The zero-order valence-electron chi connectivity index (χ0n) is 14.1. The maximum Gasteiger partial charge on any atom is 0.338 e. The Bertz CT molecular complexity index is 673. The topological polar surface area (TPSA) is 63.7 Å². The van der Waals surface area contributed by atoms with Crippen molar-refractivity contribution in [2.24, 2.45) is 0 Å². The van der Waals surface area contributed by atoms with Gasteiger partial charge in [-0.2, -0.15) is 4.31 Å². The number of hydrogen-bond acceptors (Lipinski definition) is 4. The summed E-state index contributed by atoms with van der Waals surface area (Å²) in [6.45, 7) is 2.05. The minimum Gasteiger partial charge on any atom is -0.462 e. The Morgan fingerprint density at radius 1 is 1.04 bits per heavy atom. The molecule has 1 aromatic rings. The SMILES string of the molecule is CCOC(=O)c1ccc(S(=O)(=O)N(C2CCCCC2)C2CC2)cc1. The summed E-state index contributed by atoms with van der Waals surface area (Å²) in [6, 6.07) is 6.41. The maximum absolute atomic E-state index is 13.1. The summed E-state index contributed by atoms with van der Waals surface area (Å²) in [6.07, 6.45) is 7.22. The van der Waals surface area contributed by atoms with Crippen LogP contribution in [0.2, 0.25) is 0 Å². The molecule has 24 heavy (non-hydrogen) atoms. The Balaban J connectivity index is 1.83. The number of ether oxygens (including phenoxy) is 1. The molecule has 0 bridgehead atoms. The molecular formula is C18H25NO4S. The summed E-state index contributed by atoms with van der Waals surface area (Å²) >= 11 is 0. The Morgan fingerprint density at radius 3 is 2.17 bits per heavy atom. The van der Waals surface area contributed by atoms with E-state index in [2.05, 4.69) is 0 Å². The lowest BCUT2D eigenvalue weighted by Gasteiger charge is -2.33. The van der Waals surface area contributed by atoms with Crippen LogP contribution in [0.4, 0.5) is 0 Å². The minimum atomic E-state index is -3.51. The summed E-state index contributed by atoms with van der Waals surface area (Å²) in [7, 11) is -3.51. The van der Waals surface area contributed by atoms with Gasteiger partial charge in [-0.1, -0.05) is 19.3 Å². The van der Waals surface area contributed by atoms with Crippen LogP contribution in [-0.4, -0.2) is 37.4 Å². The van der Waals surface area contributed by atoms with E-state index in [0.29, 0.717) is 12.2 Å². The number of nitrogens with zero attached hydrogens (tertiary/aromatic N) is 1. The van der Waals surface area contributed by atoms with Crippen molar-refractivity contribution >= 4 is 16.0 Å². The average molecular weight is 351 g/mol. The van der Waals surface area contributed by atoms with E-state index >= 15 is 0 Å². The Labute approximate surface area is 144 Å². The van der Waals surface area contributed by atoms with Gasteiger partial charge in [-0.05, 0) is 56.9 Å². The molecule has 0 N–H and O–H groups in total. The number of carbonyl (C=O) groups excluding carboxylic acids is 1. The number of sulfonamides is 1. The second kappa shape index (κ2) is 7.23. The van der Waals surface area contributed by atoms with Gasteiger partial charge in [0.25, 0.3) is 0 Å². The van der Waals surface area contributed by atoms with Crippen LogP contribution in [0.3, 0.4) is 0 Å². The van der Waals surface area contributed by atoms with E-state index < -0.39 is 16.0 Å². The molecular weight excluding hydrogens is 326 g/mol. The maximum atomic E-state index is 13.1. The van der Waals surface area contributed by atoms with E-state index in [0.717, 1.165) is 38.5 Å². The number of rotatable bonds is 6. The van der Waals surface area contributed by atoms with Gasteiger partial charge in [0.1, 0.15) is 0 Å². The van der Waals surface area contributed by atoms with Crippen LogP contribution in [0, 0.1) is 0 Å². The fourth-order valence-electron chi connectivity index (χ4n) is 3.45. The summed E-state index contributed by atoms with van der Waals surface area (Å²) in [5, 5.41) is 0. The third-order valence-electron chi connectivity index (χ3n) is 4.78. The molecule has 5 nitrogen and oxygen atoms in total. The zero-order valence-corrected chi connectivity index (χ0v) is 14.9. The van der Waals surface area contributed by atoms with Crippen LogP contribution in [0.15, 0.2) is 29.2 Å². The van der Waals surface area contributed by atoms with E-state index in [1.54, 1.807) is 11.2 Å². The van der Waals surface area contributed by atoms with Crippen molar-refractivity contribution < 1.29 is 17.9 Å². The fraction of sp³-hybridized carbons (Fsp3) is 0.611. The summed E-state index contributed by atoms with van der Waals surface area (Å²) in [5.74, 6) is -0.423. The first-order valence-electron chi connectivity index (χ1n) is 8.84. The largest absolute Gasteiger partial charge is 0.462 e. The molecule has 0 heterocycles. The molecule has 0 atom stereocenters. The van der Waals surface area contributed by atoms with E-state index in [4.69, 9.17) is 4.74 Å². The smallest absolute Gasteiger partial charge is 0.338 e. The Morgan fingerprint density at radius 2 is 1.62 bits per heavy atom. The molecule has 6 heteroatoms. The van der Waals surface area contributed by atoms with Crippen LogP contribution >= 0.6 is 0 Å². The molecule has 2 fully saturated rings. The lowest BCUT2D eigenvalue weighted by atomic mass is 9.95. The Hall–Kier alpha value is -1.40. The second-order valence-electron chi connectivity index (χ2n) is 6.60. The van der Waals surface area contributed by atoms with Crippen molar-refractivity contribution in [3.05, 3.63) is 29.8 Å². The van der Waals surface area contributed by atoms with Crippen molar-refractivity contribution in [2.75, 3.05) is 6.61 Å². The van der Waals surface area contributed by atoms with Crippen molar-refractivity contribution in [3.8, 4) is 0 Å². The number of carbonyl (C=O) groups is 1. The molecule has 132 valence electrons. The molecule has 0 spiro atoms. The van der Waals surface area contributed by atoms with Gasteiger partial charge in [0.2, 0.25) is 10.0 Å². The second-order valence-corrected chi connectivity index (χ2v) is 8.45. The van der Waals surface area contributed by atoms with Gasteiger partial charge in [-0.15, -0.1) is 0 Å². The van der Waals surface area contributed by atoms with Crippen LogP contribution in [0.5, 0.6) is 0 Å². The lowest BCUT2D eigenvalue weighted by Crippen LogP contribution is -2.42.